The third-order valence-electron chi connectivity index (χ3n) is 5.92. The molecule has 4 aromatic rings. The molecule has 0 bridgehead atoms. The van der Waals surface area contributed by atoms with Crippen molar-refractivity contribution in [2.24, 2.45) is 0 Å². The maximum atomic E-state index is 12.1. The van der Waals surface area contributed by atoms with E-state index in [9.17, 15) is 4.79 Å². The van der Waals surface area contributed by atoms with Gasteiger partial charge in [-0.2, -0.15) is 0 Å². The van der Waals surface area contributed by atoms with Crippen LogP contribution in [0.3, 0.4) is 0 Å². The summed E-state index contributed by atoms with van der Waals surface area (Å²) in [5.41, 5.74) is 11.1. The van der Waals surface area contributed by atoms with Crippen molar-refractivity contribution in [1.29, 1.82) is 0 Å². The van der Waals surface area contributed by atoms with Crippen LogP contribution >= 0.6 is 0 Å². The highest BCUT2D eigenvalue weighted by Crippen LogP contribution is 2.40. The number of furan rings is 1. The predicted molar refractivity (Wildman–Crippen MR) is 132 cm³/mol. The molecule has 7 nitrogen and oxygen atoms in total. The van der Waals surface area contributed by atoms with Crippen molar-refractivity contribution in [1.82, 2.24) is 14.9 Å². The fourth-order valence-electron chi connectivity index (χ4n) is 4.12. The highest BCUT2D eigenvalue weighted by molar-refractivity contribution is 6.01. The first-order valence-electron chi connectivity index (χ1n) is 11.2. The maximum absolute atomic E-state index is 12.1. The summed E-state index contributed by atoms with van der Waals surface area (Å²) >= 11 is 0. The summed E-state index contributed by atoms with van der Waals surface area (Å²) in [4.78, 5) is 22.6. The molecule has 34 heavy (non-hydrogen) atoms. The van der Waals surface area contributed by atoms with Crippen molar-refractivity contribution in [3.8, 4) is 39.7 Å². The summed E-state index contributed by atoms with van der Waals surface area (Å²) in [6.07, 6.45) is 2.94. The van der Waals surface area contributed by atoms with Crippen LogP contribution in [0.25, 0.3) is 33.9 Å². The average Bonchev–Trinajstić information content (AvgIpc) is 3.43. The number of likely N-dealkylation sites (N-methyl/N-ethyl adjacent to an activating group) is 1. The summed E-state index contributed by atoms with van der Waals surface area (Å²) < 4.78 is 12.1. The lowest BCUT2D eigenvalue weighted by atomic mass is 9.99. The number of aromatic nitrogens is 2. The lowest BCUT2D eigenvalue weighted by molar-refractivity contribution is 0.0994. The molecule has 5 rings (SSSR count). The van der Waals surface area contributed by atoms with E-state index >= 15 is 0 Å². The first-order chi connectivity index (χ1) is 16.5. The summed E-state index contributed by atoms with van der Waals surface area (Å²) in [5, 5.41) is 0. The van der Waals surface area contributed by atoms with Gasteiger partial charge >= 0.3 is 0 Å². The Bertz CT molecular complexity index is 1340. The van der Waals surface area contributed by atoms with Gasteiger partial charge in [0, 0.05) is 35.9 Å². The highest BCUT2D eigenvalue weighted by atomic mass is 16.5. The number of carbonyl (C=O) groups is 1. The predicted octanol–water partition coefficient (Wildman–Crippen LogP) is 4.72. The highest BCUT2D eigenvalue weighted by Gasteiger charge is 2.22. The van der Waals surface area contributed by atoms with Crippen LogP contribution in [0.4, 0.5) is 5.95 Å². The second-order valence-electron chi connectivity index (χ2n) is 8.62. The number of nitrogens with zero attached hydrogens (tertiary/aromatic N) is 3. The lowest BCUT2D eigenvalue weighted by Gasteiger charge is -2.11. The average molecular weight is 455 g/mol. The Morgan fingerprint density at radius 2 is 1.79 bits per heavy atom. The zero-order valence-electron chi connectivity index (χ0n) is 19.2. The molecule has 0 saturated carbocycles. The molecule has 0 radical (unpaired) electrons. The number of rotatable bonds is 7. The van der Waals surface area contributed by atoms with Crippen LogP contribution < -0.4 is 10.5 Å². The van der Waals surface area contributed by atoms with Crippen LogP contribution in [-0.4, -0.2) is 47.9 Å². The van der Waals surface area contributed by atoms with Gasteiger partial charge in [0.15, 0.2) is 11.5 Å². The number of anilines is 1. The quantitative estimate of drug-likeness (QED) is 0.432. The molecule has 0 atom stereocenters. The Hall–Kier alpha value is -3.97. The Morgan fingerprint density at radius 1 is 1.00 bits per heavy atom. The minimum Gasteiger partial charge on any atom is -0.492 e. The van der Waals surface area contributed by atoms with Crippen molar-refractivity contribution < 1.29 is 13.9 Å². The Kier molecular flexibility index (Phi) is 5.86. The van der Waals surface area contributed by atoms with Crippen molar-refractivity contribution in [3.05, 3.63) is 71.9 Å². The number of nitrogens with two attached hydrogens (primary N) is 1. The molecule has 2 aromatic heterocycles. The van der Waals surface area contributed by atoms with E-state index in [1.54, 1.807) is 12.3 Å². The van der Waals surface area contributed by atoms with E-state index in [4.69, 9.17) is 14.9 Å². The second-order valence-corrected chi connectivity index (χ2v) is 8.62. The van der Waals surface area contributed by atoms with E-state index < -0.39 is 0 Å². The van der Waals surface area contributed by atoms with E-state index in [-0.39, 0.29) is 11.7 Å². The molecule has 2 N–H and O–H groups in total. The van der Waals surface area contributed by atoms with Crippen LogP contribution in [0, 0.1) is 0 Å². The zero-order valence-corrected chi connectivity index (χ0v) is 19.2. The van der Waals surface area contributed by atoms with Gasteiger partial charge in [0.05, 0.1) is 0 Å². The van der Waals surface area contributed by atoms with Crippen molar-refractivity contribution in [3.63, 3.8) is 0 Å². The number of benzene rings is 2. The normalized spacial score (nSPS) is 12.9. The number of fused-ring (bicyclic) bond motifs is 1. The minimum absolute atomic E-state index is 0.181. The van der Waals surface area contributed by atoms with Crippen molar-refractivity contribution >= 4 is 11.7 Å². The molecule has 0 unspecified atom stereocenters. The number of Topliss-reactive ketones (excluding diaryl/α,β-unsaturated/α-hetero) is 1. The second kappa shape index (κ2) is 9.11. The molecule has 2 aromatic carbocycles. The van der Waals surface area contributed by atoms with E-state index in [1.807, 2.05) is 56.6 Å². The number of hydrogen-bond acceptors (Lipinski definition) is 7. The van der Waals surface area contributed by atoms with E-state index in [0.29, 0.717) is 30.2 Å². The summed E-state index contributed by atoms with van der Waals surface area (Å²) in [6, 6.07) is 17.6. The fourth-order valence-corrected chi connectivity index (χ4v) is 4.12. The molecular formula is C27H26N4O3. The van der Waals surface area contributed by atoms with Gasteiger partial charge in [0.2, 0.25) is 5.95 Å². The van der Waals surface area contributed by atoms with Gasteiger partial charge in [-0.1, -0.05) is 18.2 Å². The van der Waals surface area contributed by atoms with Crippen LogP contribution in [-0.2, 0) is 6.42 Å². The molecule has 2 heterocycles. The number of ether oxygens (including phenoxy) is 1. The Morgan fingerprint density at radius 3 is 2.56 bits per heavy atom. The van der Waals surface area contributed by atoms with Gasteiger partial charge in [0.1, 0.15) is 23.8 Å². The lowest BCUT2D eigenvalue weighted by Crippen LogP contribution is -2.19. The topological polar surface area (TPSA) is 94.5 Å². The molecular weight excluding hydrogens is 428 g/mol. The van der Waals surface area contributed by atoms with Gasteiger partial charge < -0.3 is 19.8 Å². The third-order valence-corrected chi connectivity index (χ3v) is 5.92. The van der Waals surface area contributed by atoms with Crippen molar-refractivity contribution in [2.75, 3.05) is 33.0 Å². The molecule has 0 amide bonds. The summed E-state index contributed by atoms with van der Waals surface area (Å²) in [5.74, 6) is 2.51. The molecule has 172 valence electrons. The number of hydrogen-bond donors (Lipinski definition) is 1. The smallest absolute Gasteiger partial charge is 0.220 e. The third kappa shape index (κ3) is 4.43. The van der Waals surface area contributed by atoms with E-state index in [0.717, 1.165) is 46.5 Å². The first kappa shape index (κ1) is 21.9. The summed E-state index contributed by atoms with van der Waals surface area (Å²) in [7, 11) is 4.03. The molecule has 1 aliphatic carbocycles. The first-order valence-corrected chi connectivity index (χ1v) is 11.2. The number of carbonyl (C=O) groups excluding carboxylic acids is 1. The maximum Gasteiger partial charge on any atom is 0.220 e. The van der Waals surface area contributed by atoms with Crippen LogP contribution in [0.5, 0.6) is 5.75 Å². The van der Waals surface area contributed by atoms with Gasteiger partial charge in [-0.05, 0) is 68.0 Å². The molecule has 0 aliphatic heterocycles. The zero-order chi connectivity index (χ0) is 23.7. The molecule has 0 fully saturated rings. The number of ketones is 1. The monoisotopic (exact) mass is 454 g/mol. The minimum atomic E-state index is 0.181. The van der Waals surface area contributed by atoms with Crippen LogP contribution in [0.2, 0.25) is 0 Å². The summed E-state index contributed by atoms with van der Waals surface area (Å²) in [6.45, 7) is 1.47. The van der Waals surface area contributed by atoms with E-state index in [1.165, 1.54) is 0 Å². The molecule has 0 spiro atoms. The van der Waals surface area contributed by atoms with E-state index in [2.05, 4.69) is 20.9 Å². The van der Waals surface area contributed by atoms with Gasteiger partial charge in [-0.3, -0.25) is 4.79 Å². The van der Waals surface area contributed by atoms with Crippen LogP contribution in [0.15, 0.2) is 65.2 Å². The number of nitrogen functional groups attached to an aromatic ring is 1. The molecule has 0 saturated heterocycles. The standard InChI is InChI=1S/C27H26N4O3/c1-31(2)13-14-33-20-7-3-17(4-8-20)25-16-22(26(34-25)23-11-12-29-27(28)30-23)19-5-9-21-18(15-19)6-10-24(21)32/h3-5,7-9,11-12,15-16H,6,10,13-14H2,1-2H3,(H2,28,29,30). The van der Waals surface area contributed by atoms with Gasteiger partial charge in [-0.15, -0.1) is 0 Å². The van der Waals surface area contributed by atoms with Gasteiger partial charge in [-0.25, -0.2) is 9.97 Å². The SMILES string of the molecule is CN(C)CCOc1ccc(-c2cc(-c3ccc4c(c3)CCC4=O)c(-c3ccnc(N)n3)o2)cc1. The van der Waals surface area contributed by atoms with Gasteiger partial charge in [0.25, 0.3) is 0 Å². The molecule has 7 heteroatoms. The largest absolute Gasteiger partial charge is 0.492 e. The fraction of sp³-hybridized carbons (Fsp3) is 0.222. The Labute approximate surface area is 198 Å². The van der Waals surface area contributed by atoms with Crippen molar-refractivity contribution in [2.45, 2.75) is 12.8 Å². The van der Waals surface area contributed by atoms with Crippen LogP contribution in [0.1, 0.15) is 22.3 Å². The Balaban J connectivity index is 1.52. The number of aryl methyl sites for hydroxylation is 1. The molecule has 1 aliphatic rings.